The highest BCUT2D eigenvalue weighted by atomic mass is 15.2. The molecule has 76 heavy (non-hydrogen) atoms. The molecule has 0 aromatic heterocycles. The summed E-state index contributed by atoms with van der Waals surface area (Å²) >= 11 is 0. The SMILES string of the molecule is Cc1cccc(N(c2cc(-c3ccccc3)cc(-c3ccccc3)c2C)c2cc(C(C)C)c3ccc4c(N(c5cccc(C)c5)c5cc(-c6ccccc6)cc(-c6ccccc6)c5C)cc(C(C)C)c5ccc2c3c54)c1. The normalized spacial score (nSPS) is 11.7. The minimum absolute atomic E-state index is 0.243. The number of rotatable bonds is 12. The highest BCUT2D eigenvalue weighted by molar-refractivity contribution is 6.29. The first-order valence-electron chi connectivity index (χ1n) is 27.0. The molecule has 0 bridgehead atoms. The van der Waals surface area contributed by atoms with Gasteiger partial charge in [0.1, 0.15) is 0 Å². The van der Waals surface area contributed by atoms with E-state index in [0.717, 1.165) is 22.7 Å². The molecule has 0 heterocycles. The Balaban J connectivity index is 1.20. The zero-order valence-corrected chi connectivity index (χ0v) is 45.0. The smallest absolute Gasteiger partial charge is 0.0543 e. The van der Waals surface area contributed by atoms with Crippen molar-refractivity contribution in [3.05, 3.63) is 264 Å². The molecule has 12 aromatic carbocycles. The molecule has 0 fully saturated rings. The van der Waals surface area contributed by atoms with Crippen molar-refractivity contribution >= 4 is 66.4 Å². The third-order valence-electron chi connectivity index (χ3n) is 15.8. The van der Waals surface area contributed by atoms with E-state index in [9.17, 15) is 0 Å². The maximum absolute atomic E-state index is 2.58. The van der Waals surface area contributed by atoms with E-state index >= 15 is 0 Å². The molecule has 0 saturated carbocycles. The standard InChI is InChI=1S/C74H64N2/c1-47(2)65-45-71(75(59-33-21-23-49(5)39-59)69-43-57(53-25-13-9-14-26-53)41-67(51(69)7)55-29-17-11-18-30-55)63-38-36-62-66(48(3)4)46-72(64-37-35-61(65)73(63)74(62)64)76(60-34-22-24-50(6)40-60)70-44-58(54-27-15-10-16-28-54)42-68(52(70)8)56-31-19-12-20-32-56/h9-48H,1-8H3. The number of aryl methyl sites for hydroxylation is 2. The van der Waals surface area contributed by atoms with Gasteiger partial charge in [0.25, 0.3) is 0 Å². The van der Waals surface area contributed by atoms with Gasteiger partial charge >= 0.3 is 0 Å². The van der Waals surface area contributed by atoms with Crippen molar-refractivity contribution in [3.8, 4) is 44.5 Å². The zero-order chi connectivity index (χ0) is 52.2. The lowest BCUT2D eigenvalue weighted by Gasteiger charge is -2.33. The number of nitrogens with zero attached hydrogens (tertiary/aromatic N) is 2. The van der Waals surface area contributed by atoms with E-state index in [1.165, 1.54) is 122 Å². The van der Waals surface area contributed by atoms with Crippen molar-refractivity contribution < 1.29 is 0 Å². The number of hydrogen-bond acceptors (Lipinski definition) is 2. The van der Waals surface area contributed by atoms with Crippen LogP contribution in [-0.4, -0.2) is 0 Å². The molecule has 12 aromatic rings. The molecule has 0 aliphatic rings. The molecule has 0 N–H and O–H groups in total. The minimum atomic E-state index is 0.243. The second kappa shape index (κ2) is 19.9. The van der Waals surface area contributed by atoms with Gasteiger partial charge in [-0.2, -0.15) is 0 Å². The second-order valence-electron chi connectivity index (χ2n) is 21.5. The fourth-order valence-corrected chi connectivity index (χ4v) is 12.0. The van der Waals surface area contributed by atoms with Crippen LogP contribution in [0.1, 0.15) is 72.9 Å². The van der Waals surface area contributed by atoms with Gasteiger partial charge in [-0.1, -0.05) is 198 Å². The Morgan fingerprint density at radius 2 is 0.618 bits per heavy atom. The Morgan fingerprint density at radius 1 is 0.276 bits per heavy atom. The second-order valence-corrected chi connectivity index (χ2v) is 21.5. The van der Waals surface area contributed by atoms with E-state index in [2.05, 4.69) is 296 Å². The van der Waals surface area contributed by atoms with Gasteiger partial charge in [0.15, 0.2) is 0 Å². The molecule has 0 aliphatic carbocycles. The Labute approximate surface area is 449 Å². The summed E-state index contributed by atoms with van der Waals surface area (Å²) in [6.45, 7) is 18.5. The van der Waals surface area contributed by atoms with Crippen molar-refractivity contribution in [1.29, 1.82) is 0 Å². The van der Waals surface area contributed by atoms with Crippen LogP contribution in [0.25, 0.3) is 76.8 Å². The summed E-state index contributed by atoms with van der Waals surface area (Å²) in [5.74, 6) is 0.485. The molecule has 0 aliphatic heterocycles. The van der Waals surface area contributed by atoms with E-state index in [0.29, 0.717) is 0 Å². The van der Waals surface area contributed by atoms with Crippen LogP contribution < -0.4 is 9.80 Å². The van der Waals surface area contributed by atoms with Crippen LogP contribution in [0, 0.1) is 27.7 Å². The Kier molecular flexibility index (Phi) is 12.6. The highest BCUT2D eigenvalue weighted by Crippen LogP contribution is 2.53. The number of hydrogen-bond donors (Lipinski definition) is 0. The van der Waals surface area contributed by atoms with Gasteiger partial charge in [-0.15, -0.1) is 0 Å². The van der Waals surface area contributed by atoms with Crippen molar-refractivity contribution in [2.24, 2.45) is 0 Å². The molecule has 0 amide bonds. The minimum Gasteiger partial charge on any atom is -0.310 e. The topological polar surface area (TPSA) is 6.48 Å². The van der Waals surface area contributed by atoms with E-state index < -0.39 is 0 Å². The van der Waals surface area contributed by atoms with Crippen LogP contribution in [0.2, 0.25) is 0 Å². The maximum atomic E-state index is 2.58. The fraction of sp³-hybridized carbons (Fsp3) is 0.135. The lowest BCUT2D eigenvalue weighted by molar-refractivity contribution is 0.875. The maximum Gasteiger partial charge on any atom is 0.0543 e. The summed E-state index contributed by atoms with van der Waals surface area (Å²) in [6, 6.07) is 86.1. The molecule has 0 radical (unpaired) electrons. The van der Waals surface area contributed by atoms with Crippen molar-refractivity contribution in [2.75, 3.05) is 9.80 Å². The van der Waals surface area contributed by atoms with Crippen LogP contribution in [0.4, 0.5) is 34.1 Å². The molecule has 0 saturated heterocycles. The van der Waals surface area contributed by atoms with E-state index in [1.54, 1.807) is 0 Å². The van der Waals surface area contributed by atoms with Gasteiger partial charge in [0.2, 0.25) is 0 Å². The third-order valence-corrected chi connectivity index (χ3v) is 15.8. The molecule has 2 heteroatoms. The molecule has 0 spiro atoms. The van der Waals surface area contributed by atoms with E-state index in [1.807, 2.05) is 0 Å². The van der Waals surface area contributed by atoms with Crippen LogP contribution >= 0.6 is 0 Å². The van der Waals surface area contributed by atoms with Gasteiger partial charge in [-0.05, 0) is 200 Å². The first kappa shape index (κ1) is 48.2. The van der Waals surface area contributed by atoms with Crippen molar-refractivity contribution in [3.63, 3.8) is 0 Å². The number of benzene rings is 12. The van der Waals surface area contributed by atoms with Gasteiger partial charge in [-0.25, -0.2) is 0 Å². The predicted octanol–water partition coefficient (Wildman–Crippen LogP) is 21.7. The number of anilines is 6. The zero-order valence-electron chi connectivity index (χ0n) is 45.0. The third kappa shape index (κ3) is 8.58. The molecule has 12 rings (SSSR count). The monoisotopic (exact) mass is 981 g/mol. The van der Waals surface area contributed by atoms with Gasteiger partial charge < -0.3 is 9.80 Å². The van der Waals surface area contributed by atoms with Gasteiger partial charge in [0.05, 0.1) is 22.7 Å². The largest absolute Gasteiger partial charge is 0.310 e. The first-order valence-corrected chi connectivity index (χ1v) is 27.0. The highest BCUT2D eigenvalue weighted by Gasteiger charge is 2.29. The summed E-state index contributed by atoms with van der Waals surface area (Å²) in [6.07, 6.45) is 0. The summed E-state index contributed by atoms with van der Waals surface area (Å²) in [5, 5.41) is 7.68. The molecule has 2 nitrogen and oxygen atoms in total. The molecule has 0 unspecified atom stereocenters. The van der Waals surface area contributed by atoms with Gasteiger partial charge in [0, 0.05) is 22.1 Å². The quantitative estimate of drug-likeness (QED) is 0.113. The summed E-state index contributed by atoms with van der Waals surface area (Å²) in [4.78, 5) is 5.15. The molecular formula is C74H64N2. The molecule has 0 atom stereocenters. The van der Waals surface area contributed by atoms with Crippen LogP contribution in [0.3, 0.4) is 0 Å². The van der Waals surface area contributed by atoms with Crippen LogP contribution in [0.5, 0.6) is 0 Å². The van der Waals surface area contributed by atoms with E-state index in [-0.39, 0.29) is 11.8 Å². The Bertz CT molecular complexity index is 3810. The van der Waals surface area contributed by atoms with Crippen molar-refractivity contribution in [1.82, 2.24) is 0 Å². The lowest BCUT2D eigenvalue weighted by atomic mass is 9.83. The molecule has 370 valence electrons. The summed E-state index contributed by atoms with van der Waals surface area (Å²) < 4.78 is 0. The lowest BCUT2D eigenvalue weighted by Crippen LogP contribution is -2.15. The summed E-state index contributed by atoms with van der Waals surface area (Å²) in [7, 11) is 0. The average molecular weight is 981 g/mol. The van der Waals surface area contributed by atoms with Crippen LogP contribution in [0.15, 0.2) is 231 Å². The Morgan fingerprint density at radius 3 is 0.961 bits per heavy atom. The Hall–Kier alpha value is -8.72. The molecular weight excluding hydrogens is 917 g/mol. The summed E-state index contributed by atoms with van der Waals surface area (Å²) in [5.41, 5.74) is 24.1. The average Bonchev–Trinajstić information content (AvgIpc) is 3.48. The van der Waals surface area contributed by atoms with E-state index in [4.69, 9.17) is 0 Å². The fourth-order valence-electron chi connectivity index (χ4n) is 12.0. The van der Waals surface area contributed by atoms with Crippen LogP contribution in [-0.2, 0) is 0 Å². The van der Waals surface area contributed by atoms with Gasteiger partial charge in [-0.3, -0.25) is 0 Å². The first-order chi connectivity index (χ1) is 37.0. The predicted molar refractivity (Wildman–Crippen MR) is 328 cm³/mol. The van der Waals surface area contributed by atoms with Crippen molar-refractivity contribution in [2.45, 2.75) is 67.2 Å².